The zero-order valence-electron chi connectivity index (χ0n) is 15.7. The molecule has 4 nitrogen and oxygen atoms in total. The minimum Gasteiger partial charge on any atom is -0.505 e. The van der Waals surface area contributed by atoms with Gasteiger partial charge in [0.05, 0.1) is 17.0 Å². The first-order valence-electron chi connectivity index (χ1n) is 8.92. The third-order valence-electron chi connectivity index (χ3n) is 4.09. The maximum absolute atomic E-state index is 13.0. The summed E-state index contributed by atoms with van der Waals surface area (Å²) in [6, 6.07) is 0. The number of aliphatic hydroxyl groups excluding tert-OH is 1. The van der Waals surface area contributed by atoms with Crippen molar-refractivity contribution in [3.05, 3.63) is 69.9 Å². The molecular weight excluding hydrogens is 391 g/mol. The molecule has 0 radical (unpaired) electrons. The van der Waals surface area contributed by atoms with Gasteiger partial charge in [0.2, 0.25) is 0 Å². The minimum absolute atomic E-state index is 0.0387. The molecule has 8 heteroatoms. The number of alkyl halides is 3. The summed E-state index contributed by atoms with van der Waals surface area (Å²) >= 11 is 6.36. The van der Waals surface area contributed by atoms with Crippen LogP contribution in [0, 0.1) is 0 Å². The van der Waals surface area contributed by atoms with E-state index in [2.05, 4.69) is 22.5 Å². The minimum atomic E-state index is -4.61. The van der Waals surface area contributed by atoms with Gasteiger partial charge in [0.25, 0.3) is 0 Å². The quantitative estimate of drug-likeness (QED) is 0.563. The van der Waals surface area contributed by atoms with Crippen LogP contribution < -0.4 is 10.6 Å². The fourth-order valence-corrected chi connectivity index (χ4v) is 2.85. The van der Waals surface area contributed by atoms with Crippen molar-refractivity contribution in [1.29, 1.82) is 0 Å². The van der Waals surface area contributed by atoms with Gasteiger partial charge in [-0.3, -0.25) is 4.99 Å². The Morgan fingerprint density at radius 2 is 2.11 bits per heavy atom. The van der Waals surface area contributed by atoms with Crippen LogP contribution >= 0.6 is 11.6 Å². The Hall–Kier alpha value is -2.41. The molecule has 0 saturated carbocycles. The summed E-state index contributed by atoms with van der Waals surface area (Å²) in [5.41, 5.74) is 1.22. The third-order valence-corrected chi connectivity index (χ3v) is 4.44. The van der Waals surface area contributed by atoms with E-state index in [-0.39, 0.29) is 12.2 Å². The lowest BCUT2D eigenvalue weighted by Crippen LogP contribution is -2.32. The van der Waals surface area contributed by atoms with E-state index in [9.17, 15) is 18.3 Å². The van der Waals surface area contributed by atoms with E-state index in [4.69, 9.17) is 11.6 Å². The first-order valence-corrected chi connectivity index (χ1v) is 9.30. The average Bonchev–Trinajstić information content (AvgIpc) is 2.64. The molecule has 0 bridgehead atoms. The highest BCUT2D eigenvalue weighted by atomic mass is 35.5. The van der Waals surface area contributed by atoms with Crippen molar-refractivity contribution >= 4 is 17.3 Å². The zero-order chi connectivity index (χ0) is 20.7. The molecule has 0 aromatic heterocycles. The number of hydrogen-bond acceptors (Lipinski definition) is 4. The smallest absolute Gasteiger partial charge is 0.418 e. The first-order chi connectivity index (χ1) is 13.3. The van der Waals surface area contributed by atoms with Crippen molar-refractivity contribution in [2.24, 2.45) is 4.99 Å². The molecule has 1 heterocycles. The van der Waals surface area contributed by atoms with Crippen LogP contribution in [-0.2, 0) is 0 Å². The van der Waals surface area contributed by atoms with E-state index >= 15 is 0 Å². The van der Waals surface area contributed by atoms with Crippen LogP contribution in [0.4, 0.5) is 13.2 Å². The molecule has 1 aliphatic carbocycles. The van der Waals surface area contributed by atoms with Crippen molar-refractivity contribution in [3.63, 3.8) is 0 Å². The molecule has 2 aliphatic rings. The number of allylic oxidation sites excluding steroid dienone is 5. The monoisotopic (exact) mass is 413 g/mol. The Labute approximate surface area is 167 Å². The number of rotatable bonds is 6. The van der Waals surface area contributed by atoms with E-state index in [0.717, 1.165) is 24.1 Å². The zero-order valence-corrected chi connectivity index (χ0v) is 16.5. The van der Waals surface area contributed by atoms with Crippen LogP contribution in [0.1, 0.15) is 26.7 Å². The molecule has 3 N–H and O–H groups in total. The van der Waals surface area contributed by atoms with Crippen LogP contribution in [0.3, 0.4) is 0 Å². The number of halogens is 4. The van der Waals surface area contributed by atoms with Gasteiger partial charge in [0.15, 0.2) is 0 Å². The fraction of sp³-hybridized carbons (Fsp3) is 0.350. The van der Waals surface area contributed by atoms with Crippen LogP contribution in [0.5, 0.6) is 0 Å². The van der Waals surface area contributed by atoms with E-state index in [0.29, 0.717) is 10.6 Å². The molecule has 1 aliphatic heterocycles. The molecule has 0 spiro atoms. The highest BCUT2D eigenvalue weighted by molar-refractivity contribution is 6.34. The lowest BCUT2D eigenvalue weighted by Gasteiger charge is -2.23. The van der Waals surface area contributed by atoms with Gasteiger partial charge < -0.3 is 15.7 Å². The summed E-state index contributed by atoms with van der Waals surface area (Å²) in [6.07, 6.45) is 7.67. The van der Waals surface area contributed by atoms with E-state index < -0.39 is 24.1 Å². The number of aliphatic hydroxyl groups is 1. The van der Waals surface area contributed by atoms with Gasteiger partial charge in [-0.25, -0.2) is 0 Å². The predicted molar refractivity (Wildman–Crippen MR) is 107 cm³/mol. The van der Waals surface area contributed by atoms with Gasteiger partial charge in [0, 0.05) is 30.5 Å². The van der Waals surface area contributed by atoms with Gasteiger partial charge in [-0.05, 0) is 36.6 Å². The average molecular weight is 414 g/mol. The van der Waals surface area contributed by atoms with Crippen molar-refractivity contribution in [2.75, 3.05) is 13.1 Å². The molecule has 28 heavy (non-hydrogen) atoms. The highest BCUT2D eigenvalue weighted by Crippen LogP contribution is 2.31. The highest BCUT2D eigenvalue weighted by Gasteiger charge is 2.38. The normalized spacial score (nSPS) is 21.0. The summed E-state index contributed by atoms with van der Waals surface area (Å²) in [5.74, 6) is -0.811. The topological polar surface area (TPSA) is 56.7 Å². The molecule has 152 valence electrons. The number of nitrogens with zero attached hydrogens (tertiary/aromatic N) is 1. The van der Waals surface area contributed by atoms with Gasteiger partial charge in [-0.2, -0.15) is 13.2 Å². The maximum atomic E-state index is 13.0. The standard InChI is InChI=1S/C20H23ClF3N3O/c1-3-5-6-13-8-16(21)14(9-17(13)26-7-4-2)10-27-18-12-25-11-15(19(18)28)20(22,23)24/h4,6-9,12,25,27-28H,3,5,10-11H2,1-2H3/b7-4-,13-6+,26-17+. The molecule has 0 fully saturated rings. The molecule has 0 aromatic carbocycles. The summed E-state index contributed by atoms with van der Waals surface area (Å²) in [6.45, 7) is 3.58. The van der Waals surface area contributed by atoms with Crippen molar-refractivity contribution < 1.29 is 18.3 Å². The van der Waals surface area contributed by atoms with Crippen LogP contribution in [0.2, 0.25) is 0 Å². The Bertz CT molecular complexity index is 815. The lowest BCUT2D eigenvalue weighted by atomic mass is 9.98. The molecule has 0 saturated heterocycles. The Morgan fingerprint density at radius 3 is 2.75 bits per heavy atom. The van der Waals surface area contributed by atoms with Gasteiger partial charge in [-0.15, -0.1) is 0 Å². The lowest BCUT2D eigenvalue weighted by molar-refractivity contribution is -0.0956. The predicted octanol–water partition coefficient (Wildman–Crippen LogP) is 5.16. The SMILES string of the molecule is C\C=C/N=C1\C=C(CNC2=CNCC(C(F)(F)F)=C2O)C(Cl)=C\C1=C/CCC. The van der Waals surface area contributed by atoms with E-state index in [1.807, 2.05) is 13.0 Å². The molecule has 0 unspecified atom stereocenters. The summed E-state index contributed by atoms with van der Waals surface area (Å²) < 4.78 is 38.9. The van der Waals surface area contributed by atoms with Gasteiger partial charge >= 0.3 is 6.18 Å². The van der Waals surface area contributed by atoms with Gasteiger partial charge in [0.1, 0.15) is 5.76 Å². The fourth-order valence-electron chi connectivity index (χ4n) is 2.62. The number of aliphatic imine (C=N–C) groups is 1. The Kier molecular flexibility index (Phi) is 7.57. The molecule has 0 amide bonds. The largest absolute Gasteiger partial charge is 0.505 e. The van der Waals surface area contributed by atoms with Crippen LogP contribution in [0.25, 0.3) is 0 Å². The first kappa shape index (κ1) is 21.9. The summed E-state index contributed by atoms with van der Waals surface area (Å²) in [7, 11) is 0. The second-order valence-electron chi connectivity index (χ2n) is 6.22. The molecule has 2 rings (SSSR count). The second kappa shape index (κ2) is 9.68. The number of unbranched alkanes of at least 4 members (excludes halogenated alkanes) is 1. The van der Waals surface area contributed by atoms with Crippen LogP contribution in [-0.4, -0.2) is 30.1 Å². The molecule has 0 atom stereocenters. The number of hydrogen-bond donors (Lipinski definition) is 3. The van der Waals surface area contributed by atoms with Crippen molar-refractivity contribution in [1.82, 2.24) is 10.6 Å². The second-order valence-corrected chi connectivity index (χ2v) is 6.63. The summed E-state index contributed by atoms with van der Waals surface area (Å²) in [5, 5.41) is 15.7. The third kappa shape index (κ3) is 5.55. The summed E-state index contributed by atoms with van der Waals surface area (Å²) in [4.78, 5) is 4.40. The Morgan fingerprint density at radius 1 is 1.36 bits per heavy atom. The molecular formula is C20H23ClF3N3O. The van der Waals surface area contributed by atoms with Crippen molar-refractivity contribution in [2.45, 2.75) is 32.9 Å². The van der Waals surface area contributed by atoms with Gasteiger partial charge in [-0.1, -0.05) is 37.1 Å². The van der Waals surface area contributed by atoms with E-state index in [1.54, 1.807) is 24.4 Å². The maximum Gasteiger partial charge on any atom is 0.418 e. The number of dihydropyridines is 1. The van der Waals surface area contributed by atoms with Crippen LogP contribution in [0.15, 0.2) is 74.9 Å². The van der Waals surface area contributed by atoms with Crippen molar-refractivity contribution in [3.8, 4) is 0 Å². The molecule has 0 aromatic rings. The van der Waals surface area contributed by atoms with E-state index in [1.165, 1.54) is 6.20 Å². The number of nitrogens with one attached hydrogen (secondary N) is 2. The Balaban J connectivity index is 2.22.